The smallest absolute Gasteiger partial charge is 0.317 e. The fourth-order valence-electron chi connectivity index (χ4n) is 1.54. The molecule has 0 aliphatic carbocycles. The van der Waals surface area contributed by atoms with Crippen LogP contribution in [0.1, 0.15) is 0 Å². The normalized spacial score (nSPS) is 22.7. The Morgan fingerprint density at radius 1 is 1.85 bits per heavy atom. The fourth-order valence-corrected chi connectivity index (χ4v) is 1.54. The molecule has 0 saturated carbocycles. The number of nitrogens with zero attached hydrogens (tertiary/aromatic N) is 1. The van der Waals surface area contributed by atoms with Crippen molar-refractivity contribution in [2.45, 2.75) is 0 Å². The summed E-state index contributed by atoms with van der Waals surface area (Å²) in [6.07, 6.45) is 1.75. The lowest BCUT2D eigenvalue weighted by Gasteiger charge is -2.32. The van der Waals surface area contributed by atoms with Crippen LogP contribution in [-0.4, -0.2) is 44.2 Å². The van der Waals surface area contributed by atoms with E-state index >= 15 is 0 Å². The van der Waals surface area contributed by atoms with E-state index in [1.54, 1.807) is 11.0 Å². The van der Waals surface area contributed by atoms with Gasteiger partial charge in [0.2, 0.25) is 0 Å². The number of urea groups is 1. The Balaban J connectivity index is 2.42. The Morgan fingerprint density at radius 3 is 3.23 bits per heavy atom. The second-order valence-electron chi connectivity index (χ2n) is 3.30. The van der Waals surface area contributed by atoms with Gasteiger partial charge < -0.3 is 15.5 Å². The molecule has 1 atom stereocenters. The second kappa shape index (κ2) is 4.87. The van der Waals surface area contributed by atoms with Gasteiger partial charge in [-0.25, -0.2) is 4.79 Å². The van der Waals surface area contributed by atoms with E-state index in [2.05, 4.69) is 17.2 Å². The molecule has 0 bridgehead atoms. The molecule has 13 heavy (non-hydrogen) atoms. The monoisotopic (exact) mass is 183 g/mol. The summed E-state index contributed by atoms with van der Waals surface area (Å²) < 4.78 is 0. The lowest BCUT2D eigenvalue weighted by molar-refractivity contribution is 0.174. The van der Waals surface area contributed by atoms with E-state index in [1.807, 2.05) is 7.05 Å². The highest BCUT2D eigenvalue weighted by molar-refractivity contribution is 5.75. The maximum Gasteiger partial charge on any atom is 0.317 e. The summed E-state index contributed by atoms with van der Waals surface area (Å²) in [6.45, 7) is 6.78. The molecule has 1 rings (SSSR count). The van der Waals surface area contributed by atoms with Crippen LogP contribution in [0.2, 0.25) is 0 Å². The Kier molecular flexibility index (Phi) is 3.76. The number of hydrogen-bond donors (Lipinski definition) is 2. The average Bonchev–Trinajstić information content (AvgIpc) is 2.12. The first kappa shape index (κ1) is 10.1. The lowest BCUT2D eigenvalue weighted by Crippen LogP contribution is -2.52. The van der Waals surface area contributed by atoms with Crippen molar-refractivity contribution in [1.29, 1.82) is 0 Å². The van der Waals surface area contributed by atoms with E-state index in [1.165, 1.54) is 0 Å². The largest absolute Gasteiger partial charge is 0.338 e. The number of rotatable bonds is 4. The molecule has 1 saturated heterocycles. The zero-order valence-electron chi connectivity index (χ0n) is 8.05. The van der Waals surface area contributed by atoms with Gasteiger partial charge in [0.05, 0.1) is 0 Å². The topological polar surface area (TPSA) is 44.4 Å². The van der Waals surface area contributed by atoms with E-state index in [-0.39, 0.29) is 6.03 Å². The van der Waals surface area contributed by atoms with Crippen molar-refractivity contribution >= 4 is 6.03 Å². The van der Waals surface area contributed by atoms with Crippen molar-refractivity contribution in [3.8, 4) is 0 Å². The van der Waals surface area contributed by atoms with E-state index < -0.39 is 0 Å². The molecule has 0 aromatic rings. The van der Waals surface area contributed by atoms with E-state index in [0.717, 1.165) is 19.6 Å². The highest BCUT2D eigenvalue weighted by Crippen LogP contribution is 2.05. The van der Waals surface area contributed by atoms with E-state index in [4.69, 9.17) is 0 Å². The lowest BCUT2D eigenvalue weighted by atomic mass is 10.1. The van der Waals surface area contributed by atoms with Crippen LogP contribution in [0.4, 0.5) is 4.79 Å². The van der Waals surface area contributed by atoms with E-state index in [0.29, 0.717) is 12.5 Å². The molecular formula is C9H17N3O. The van der Waals surface area contributed by atoms with Gasteiger partial charge in [0.1, 0.15) is 0 Å². The summed E-state index contributed by atoms with van der Waals surface area (Å²) in [5, 5.41) is 5.96. The molecule has 1 fully saturated rings. The minimum absolute atomic E-state index is 0.0206. The standard InChI is InChI=1S/C9H17N3O/c1-3-4-12-7-8(5-10-2)6-11-9(12)13/h3,8,10H,1,4-7H2,2H3,(H,11,13). The molecule has 1 aliphatic rings. The van der Waals surface area contributed by atoms with Gasteiger partial charge in [-0.15, -0.1) is 6.58 Å². The third-order valence-electron chi connectivity index (χ3n) is 2.15. The van der Waals surface area contributed by atoms with Crippen molar-refractivity contribution < 1.29 is 4.79 Å². The van der Waals surface area contributed by atoms with Gasteiger partial charge >= 0.3 is 6.03 Å². The first-order valence-corrected chi connectivity index (χ1v) is 4.56. The molecule has 1 heterocycles. The average molecular weight is 183 g/mol. The molecule has 0 aromatic heterocycles. The molecule has 2 N–H and O–H groups in total. The molecule has 4 heteroatoms. The number of carbonyl (C=O) groups is 1. The second-order valence-corrected chi connectivity index (χ2v) is 3.30. The predicted molar refractivity (Wildman–Crippen MR) is 52.6 cm³/mol. The van der Waals surface area contributed by atoms with Gasteiger partial charge in [-0.2, -0.15) is 0 Å². The summed E-state index contributed by atoms with van der Waals surface area (Å²) >= 11 is 0. The van der Waals surface area contributed by atoms with E-state index in [9.17, 15) is 4.79 Å². The third kappa shape index (κ3) is 2.73. The fraction of sp³-hybridized carbons (Fsp3) is 0.667. The van der Waals surface area contributed by atoms with Gasteiger partial charge in [-0.1, -0.05) is 6.08 Å². The first-order chi connectivity index (χ1) is 6.27. The van der Waals surface area contributed by atoms with Crippen LogP contribution in [0, 0.1) is 5.92 Å². The summed E-state index contributed by atoms with van der Waals surface area (Å²) in [5.41, 5.74) is 0. The van der Waals surface area contributed by atoms with Crippen LogP contribution in [-0.2, 0) is 0 Å². The number of amides is 2. The zero-order valence-corrected chi connectivity index (χ0v) is 8.05. The Morgan fingerprint density at radius 2 is 2.62 bits per heavy atom. The third-order valence-corrected chi connectivity index (χ3v) is 2.15. The van der Waals surface area contributed by atoms with Crippen molar-refractivity contribution in [3.63, 3.8) is 0 Å². The van der Waals surface area contributed by atoms with Gasteiger partial charge in [-0.3, -0.25) is 0 Å². The highest BCUT2D eigenvalue weighted by atomic mass is 16.2. The minimum Gasteiger partial charge on any atom is -0.338 e. The van der Waals surface area contributed by atoms with Gasteiger partial charge in [0.25, 0.3) is 0 Å². The van der Waals surface area contributed by atoms with Gasteiger partial charge in [-0.05, 0) is 7.05 Å². The van der Waals surface area contributed by atoms with Gasteiger partial charge in [0, 0.05) is 32.1 Å². The summed E-state index contributed by atoms with van der Waals surface area (Å²) in [6, 6.07) is 0.0206. The highest BCUT2D eigenvalue weighted by Gasteiger charge is 2.23. The van der Waals surface area contributed by atoms with Crippen molar-refractivity contribution in [2.75, 3.05) is 33.2 Å². The summed E-state index contributed by atoms with van der Waals surface area (Å²) in [5.74, 6) is 0.502. The number of nitrogens with one attached hydrogen (secondary N) is 2. The van der Waals surface area contributed by atoms with Crippen LogP contribution < -0.4 is 10.6 Å². The van der Waals surface area contributed by atoms with Crippen LogP contribution in [0.25, 0.3) is 0 Å². The maximum atomic E-state index is 11.3. The minimum atomic E-state index is 0.0206. The zero-order chi connectivity index (χ0) is 9.68. The molecule has 74 valence electrons. The van der Waals surface area contributed by atoms with Crippen molar-refractivity contribution in [3.05, 3.63) is 12.7 Å². The van der Waals surface area contributed by atoms with Crippen LogP contribution in [0.15, 0.2) is 12.7 Å². The summed E-state index contributed by atoms with van der Waals surface area (Å²) in [7, 11) is 1.92. The van der Waals surface area contributed by atoms with Crippen LogP contribution in [0.3, 0.4) is 0 Å². The Labute approximate surface area is 79.0 Å². The molecule has 0 spiro atoms. The van der Waals surface area contributed by atoms with Crippen LogP contribution >= 0.6 is 0 Å². The Hall–Kier alpha value is -1.03. The Bertz CT molecular complexity index is 193. The SMILES string of the molecule is C=CCN1CC(CNC)CNC1=O. The predicted octanol–water partition coefficient (Wildman–Crippen LogP) is 0.0332. The quantitative estimate of drug-likeness (QED) is 0.604. The molecule has 0 aromatic carbocycles. The van der Waals surface area contributed by atoms with Gasteiger partial charge in [0.15, 0.2) is 0 Å². The molecular weight excluding hydrogens is 166 g/mol. The molecule has 1 aliphatic heterocycles. The maximum absolute atomic E-state index is 11.3. The number of carbonyl (C=O) groups excluding carboxylic acids is 1. The first-order valence-electron chi connectivity index (χ1n) is 4.56. The molecule has 2 amide bonds. The molecule has 4 nitrogen and oxygen atoms in total. The van der Waals surface area contributed by atoms with Crippen molar-refractivity contribution in [2.24, 2.45) is 5.92 Å². The van der Waals surface area contributed by atoms with Crippen molar-refractivity contribution in [1.82, 2.24) is 15.5 Å². The molecule has 1 unspecified atom stereocenters. The molecule has 0 radical (unpaired) electrons. The van der Waals surface area contributed by atoms with Crippen LogP contribution in [0.5, 0.6) is 0 Å². The number of hydrogen-bond acceptors (Lipinski definition) is 2. The summed E-state index contributed by atoms with van der Waals surface area (Å²) in [4.78, 5) is 13.1.